The summed E-state index contributed by atoms with van der Waals surface area (Å²) < 4.78 is 46.4. The molecule has 1 fully saturated rings. The van der Waals surface area contributed by atoms with E-state index in [1.54, 1.807) is 19.3 Å². The molecule has 6 nitrogen and oxygen atoms in total. The van der Waals surface area contributed by atoms with Crippen LogP contribution in [0.1, 0.15) is 18.2 Å². The molecular formula is C21H18F3N5O. The van der Waals surface area contributed by atoms with Crippen molar-refractivity contribution in [1.29, 1.82) is 0 Å². The number of nitrogens with zero attached hydrogens (tertiary/aromatic N) is 4. The average molecular weight is 413 g/mol. The molecule has 4 heterocycles. The molecule has 0 aliphatic carbocycles. The molecule has 30 heavy (non-hydrogen) atoms. The van der Waals surface area contributed by atoms with E-state index < -0.39 is 29.4 Å². The summed E-state index contributed by atoms with van der Waals surface area (Å²) in [5.74, 6) is -1.31. The first-order valence-electron chi connectivity index (χ1n) is 9.63. The summed E-state index contributed by atoms with van der Waals surface area (Å²) >= 11 is 0. The Hall–Kier alpha value is -3.20. The number of piperidine rings is 1. The van der Waals surface area contributed by atoms with Crippen molar-refractivity contribution in [2.75, 3.05) is 13.1 Å². The van der Waals surface area contributed by atoms with E-state index in [0.717, 1.165) is 0 Å². The van der Waals surface area contributed by atoms with Gasteiger partial charge in [-0.05, 0) is 43.7 Å². The Bertz CT molecular complexity index is 1350. The summed E-state index contributed by atoms with van der Waals surface area (Å²) in [5.41, 5.74) is 1.15. The van der Waals surface area contributed by atoms with E-state index >= 15 is 0 Å². The van der Waals surface area contributed by atoms with E-state index in [2.05, 4.69) is 15.3 Å². The number of rotatable bonds is 2. The van der Waals surface area contributed by atoms with Crippen LogP contribution in [0.5, 0.6) is 0 Å². The number of alkyl halides is 1. The molecule has 0 saturated carbocycles. The number of benzene rings is 1. The maximum absolute atomic E-state index is 15.0. The third kappa shape index (κ3) is 2.97. The first kappa shape index (κ1) is 18.8. The predicted octanol–water partition coefficient (Wildman–Crippen LogP) is 3.17. The van der Waals surface area contributed by atoms with Crippen LogP contribution in [0.3, 0.4) is 0 Å². The number of aryl methyl sites for hydroxylation is 1. The number of hydrogen-bond acceptors (Lipinski definition) is 4. The summed E-state index contributed by atoms with van der Waals surface area (Å²) in [5, 5.41) is 2.72. The summed E-state index contributed by atoms with van der Waals surface area (Å²) in [6.07, 6.45) is 3.73. The lowest BCUT2D eigenvalue weighted by Gasteiger charge is -2.28. The van der Waals surface area contributed by atoms with Gasteiger partial charge >= 0.3 is 0 Å². The molecule has 1 aromatic carbocycles. The lowest BCUT2D eigenvalue weighted by molar-refractivity contribution is 0.180. The van der Waals surface area contributed by atoms with Crippen molar-refractivity contribution in [2.45, 2.75) is 25.6 Å². The molecule has 154 valence electrons. The van der Waals surface area contributed by atoms with Gasteiger partial charge in [-0.25, -0.2) is 23.1 Å². The zero-order valence-corrected chi connectivity index (χ0v) is 16.1. The van der Waals surface area contributed by atoms with Crippen molar-refractivity contribution in [1.82, 2.24) is 24.3 Å². The van der Waals surface area contributed by atoms with Crippen molar-refractivity contribution in [3.63, 3.8) is 0 Å². The Morgan fingerprint density at radius 3 is 2.73 bits per heavy atom. The number of halogens is 3. The first-order chi connectivity index (χ1) is 14.4. The minimum atomic E-state index is -1.26. The van der Waals surface area contributed by atoms with Crippen LogP contribution in [0.15, 0.2) is 41.7 Å². The zero-order valence-electron chi connectivity index (χ0n) is 16.1. The largest absolute Gasteiger partial charge is 0.314 e. The molecule has 9 heteroatoms. The van der Waals surface area contributed by atoms with Gasteiger partial charge in [0.2, 0.25) is 0 Å². The Morgan fingerprint density at radius 2 is 1.93 bits per heavy atom. The van der Waals surface area contributed by atoms with Crippen LogP contribution in [0.25, 0.3) is 27.7 Å². The summed E-state index contributed by atoms with van der Waals surface area (Å²) in [4.78, 5) is 21.2. The smallest absolute Gasteiger partial charge is 0.264 e. The molecule has 0 amide bonds. The normalized spacial score (nSPS) is 19.6. The minimum Gasteiger partial charge on any atom is -0.314 e. The standard InChI is InChI=1S/C21H18F3N5O/c1-11-8-28-9-13(5-15(23)20(28)27-11)12-4-14(22)19-17(6-12)26-10-29(21(19)30)18-2-3-25-7-16(18)24/h4-6,8-10,16,18,25H,2-3,7H2,1H3/t16-,18-/m1/s1. The summed E-state index contributed by atoms with van der Waals surface area (Å²) in [6.45, 7) is 2.46. The Labute approximate surface area is 169 Å². The maximum atomic E-state index is 15.0. The van der Waals surface area contributed by atoms with Gasteiger partial charge in [0.05, 0.1) is 23.6 Å². The van der Waals surface area contributed by atoms with Gasteiger partial charge in [-0.3, -0.25) is 9.36 Å². The number of pyridine rings is 1. The molecule has 0 unspecified atom stereocenters. The molecule has 2 atom stereocenters. The summed E-state index contributed by atoms with van der Waals surface area (Å²) in [7, 11) is 0. The second-order valence-electron chi connectivity index (χ2n) is 7.58. The monoisotopic (exact) mass is 413 g/mol. The van der Waals surface area contributed by atoms with Crippen molar-refractivity contribution in [2.24, 2.45) is 0 Å². The van der Waals surface area contributed by atoms with Gasteiger partial charge in [0, 0.05) is 24.5 Å². The predicted molar refractivity (Wildman–Crippen MR) is 106 cm³/mol. The number of nitrogens with one attached hydrogen (secondary N) is 1. The molecule has 3 aromatic heterocycles. The van der Waals surface area contributed by atoms with E-state index in [1.807, 2.05) is 0 Å². The van der Waals surface area contributed by atoms with Gasteiger partial charge in [-0.1, -0.05) is 0 Å². The van der Waals surface area contributed by atoms with E-state index in [0.29, 0.717) is 29.8 Å². The van der Waals surface area contributed by atoms with Gasteiger partial charge in [0.15, 0.2) is 11.5 Å². The van der Waals surface area contributed by atoms with Crippen LogP contribution in [0, 0.1) is 18.6 Å². The van der Waals surface area contributed by atoms with Gasteiger partial charge in [0.25, 0.3) is 5.56 Å². The van der Waals surface area contributed by atoms with Crippen molar-refractivity contribution < 1.29 is 13.2 Å². The molecule has 1 aliphatic heterocycles. The van der Waals surface area contributed by atoms with Crippen LogP contribution < -0.4 is 10.9 Å². The number of hydrogen-bond donors (Lipinski definition) is 1. The molecule has 0 bridgehead atoms. The quantitative estimate of drug-likeness (QED) is 0.548. The highest BCUT2D eigenvalue weighted by atomic mass is 19.1. The highest BCUT2D eigenvalue weighted by molar-refractivity contribution is 5.84. The SMILES string of the molecule is Cc1cn2cc(-c3cc(F)c4c(=O)n([C@@H]5CCNC[C@H]5F)cnc4c3)cc(F)c2n1. The Kier molecular flexibility index (Phi) is 4.35. The molecule has 1 aliphatic rings. The van der Waals surface area contributed by atoms with Crippen molar-refractivity contribution in [3.8, 4) is 11.1 Å². The van der Waals surface area contributed by atoms with E-state index in [-0.39, 0.29) is 23.1 Å². The molecule has 0 radical (unpaired) electrons. The Balaban J connectivity index is 1.64. The summed E-state index contributed by atoms with van der Waals surface area (Å²) in [6, 6.07) is 3.29. The Morgan fingerprint density at radius 1 is 1.13 bits per heavy atom. The number of fused-ring (bicyclic) bond motifs is 2. The van der Waals surface area contributed by atoms with Crippen LogP contribution in [-0.2, 0) is 0 Å². The molecule has 5 rings (SSSR count). The van der Waals surface area contributed by atoms with E-state index in [9.17, 15) is 18.0 Å². The van der Waals surface area contributed by atoms with Crippen LogP contribution in [0.4, 0.5) is 13.2 Å². The van der Waals surface area contributed by atoms with Crippen LogP contribution >= 0.6 is 0 Å². The van der Waals surface area contributed by atoms with Gasteiger partial charge in [0.1, 0.15) is 17.4 Å². The average Bonchev–Trinajstić information content (AvgIpc) is 3.09. The van der Waals surface area contributed by atoms with Crippen molar-refractivity contribution >= 4 is 16.6 Å². The highest BCUT2D eigenvalue weighted by Gasteiger charge is 2.28. The minimum absolute atomic E-state index is 0.137. The van der Waals surface area contributed by atoms with Crippen LogP contribution in [-0.4, -0.2) is 38.2 Å². The molecule has 1 saturated heterocycles. The molecular weight excluding hydrogens is 395 g/mol. The third-order valence-electron chi connectivity index (χ3n) is 5.53. The highest BCUT2D eigenvalue weighted by Crippen LogP contribution is 2.27. The maximum Gasteiger partial charge on any atom is 0.264 e. The van der Waals surface area contributed by atoms with E-state index in [1.165, 1.54) is 33.5 Å². The zero-order chi connectivity index (χ0) is 21.0. The van der Waals surface area contributed by atoms with Gasteiger partial charge in [-0.2, -0.15) is 0 Å². The fraction of sp³-hybridized carbons (Fsp3) is 0.286. The topological polar surface area (TPSA) is 64.2 Å². The second-order valence-corrected chi connectivity index (χ2v) is 7.58. The fourth-order valence-corrected chi connectivity index (χ4v) is 4.07. The second kappa shape index (κ2) is 6.94. The van der Waals surface area contributed by atoms with Gasteiger partial charge < -0.3 is 9.72 Å². The molecule has 0 spiro atoms. The first-order valence-corrected chi connectivity index (χ1v) is 9.63. The van der Waals surface area contributed by atoms with E-state index in [4.69, 9.17) is 0 Å². The van der Waals surface area contributed by atoms with Gasteiger partial charge in [-0.15, -0.1) is 0 Å². The molecule has 4 aromatic rings. The molecule has 1 N–H and O–H groups in total. The van der Waals surface area contributed by atoms with Crippen molar-refractivity contribution in [3.05, 3.63) is 64.6 Å². The fourth-order valence-electron chi connectivity index (χ4n) is 4.07. The lowest BCUT2D eigenvalue weighted by Crippen LogP contribution is -2.42. The third-order valence-corrected chi connectivity index (χ3v) is 5.53. The number of aromatic nitrogens is 4. The number of imidazole rings is 1. The lowest BCUT2D eigenvalue weighted by atomic mass is 10.0. The van der Waals surface area contributed by atoms with Crippen LogP contribution in [0.2, 0.25) is 0 Å².